The largest absolute Gasteiger partial charge is 0.481 e. The van der Waals surface area contributed by atoms with Crippen molar-refractivity contribution in [2.45, 2.75) is 18.8 Å². The van der Waals surface area contributed by atoms with Crippen LogP contribution in [0.5, 0.6) is 0 Å². The van der Waals surface area contributed by atoms with E-state index in [0.717, 1.165) is 13.2 Å². The topological polar surface area (TPSA) is 74.6 Å². The van der Waals surface area contributed by atoms with Gasteiger partial charge in [-0.25, -0.2) is 0 Å². The fourth-order valence-electron chi connectivity index (χ4n) is 1.13. The maximum absolute atomic E-state index is 10.9. The van der Waals surface area contributed by atoms with Crippen molar-refractivity contribution < 1.29 is 19.8 Å². The first-order valence-electron chi connectivity index (χ1n) is 4.05. The molecule has 0 spiro atoms. The highest BCUT2D eigenvalue weighted by Gasteiger charge is 2.21. The second kappa shape index (κ2) is 5.14. The lowest BCUT2D eigenvalue weighted by molar-refractivity contribution is -0.140. The third-order valence-corrected chi connectivity index (χ3v) is 4.60. The van der Waals surface area contributed by atoms with Crippen LogP contribution in [-0.4, -0.2) is 22.2 Å². The minimum absolute atomic E-state index is 0.0903. The molecular formula is C8H10O4P2. The molecule has 0 saturated carbocycles. The van der Waals surface area contributed by atoms with Crippen LogP contribution in [0, 0.1) is 0 Å². The first-order chi connectivity index (χ1) is 6.61. The van der Waals surface area contributed by atoms with Gasteiger partial charge >= 0.3 is 11.9 Å². The number of rotatable bonds is 5. The molecule has 6 heteroatoms. The molecule has 0 aliphatic rings. The van der Waals surface area contributed by atoms with Crippen LogP contribution >= 0.6 is 15.7 Å². The quantitative estimate of drug-likeness (QED) is 0.816. The molecule has 2 N–H and O–H groups in total. The Morgan fingerprint density at radius 2 is 2.21 bits per heavy atom. The summed E-state index contributed by atoms with van der Waals surface area (Å²) in [6.07, 6.45) is 0.0920. The first kappa shape index (κ1) is 11.2. The number of carboxylic acid groups (broad SMARTS) is 2. The van der Waals surface area contributed by atoms with E-state index in [4.69, 9.17) is 10.2 Å². The van der Waals surface area contributed by atoms with E-state index in [2.05, 4.69) is 0 Å². The van der Waals surface area contributed by atoms with E-state index in [1.807, 2.05) is 5.80 Å². The molecule has 0 aromatic carbocycles. The Labute approximate surface area is 84.0 Å². The van der Waals surface area contributed by atoms with Crippen molar-refractivity contribution in [1.82, 2.24) is 0 Å². The Kier molecular flexibility index (Phi) is 4.12. The molecule has 0 radical (unpaired) electrons. The van der Waals surface area contributed by atoms with Gasteiger partial charge in [0.1, 0.15) is 0 Å². The second-order valence-electron chi connectivity index (χ2n) is 2.82. The zero-order chi connectivity index (χ0) is 10.6. The van der Waals surface area contributed by atoms with Gasteiger partial charge in [0.05, 0.1) is 5.92 Å². The molecule has 1 rings (SSSR count). The van der Waals surface area contributed by atoms with Gasteiger partial charge in [0, 0.05) is 6.42 Å². The van der Waals surface area contributed by atoms with Crippen LogP contribution in [-0.2, 0) is 9.59 Å². The van der Waals surface area contributed by atoms with Crippen LogP contribution in [0.2, 0.25) is 0 Å². The minimum atomic E-state index is -0.946. The summed E-state index contributed by atoms with van der Waals surface area (Å²) >= 11 is 0. The average molecular weight is 232 g/mol. The standard InChI is InChI=1S/C8H10O4P2/c9-7(10)2-1-5(8(11)12)6-3-4-13-14-6/h3-5,13H,1-2H2,(H,9,10)(H,11,12). The summed E-state index contributed by atoms with van der Waals surface area (Å²) in [4.78, 5) is 21.2. The van der Waals surface area contributed by atoms with Gasteiger partial charge in [-0.3, -0.25) is 9.59 Å². The van der Waals surface area contributed by atoms with Crippen molar-refractivity contribution in [2.24, 2.45) is 0 Å². The highest BCUT2D eigenvalue weighted by molar-refractivity contribution is 7.90. The third kappa shape index (κ3) is 3.13. The number of carbonyl (C=O) groups is 2. The van der Waals surface area contributed by atoms with E-state index in [0.29, 0.717) is 7.87 Å². The van der Waals surface area contributed by atoms with Crippen molar-refractivity contribution in [3.8, 4) is 0 Å². The first-order valence-corrected chi connectivity index (χ1v) is 6.87. The van der Waals surface area contributed by atoms with Crippen LogP contribution in [0.3, 0.4) is 0 Å². The zero-order valence-corrected chi connectivity index (χ0v) is 9.20. The molecule has 76 valence electrons. The molecule has 1 aromatic heterocycles. The van der Waals surface area contributed by atoms with Crippen molar-refractivity contribution in [1.29, 1.82) is 0 Å². The molecule has 2 unspecified atom stereocenters. The Hall–Kier alpha value is -0.850. The fraction of sp³-hybridized carbons (Fsp3) is 0.375. The second-order valence-corrected chi connectivity index (χ2v) is 5.60. The predicted octanol–water partition coefficient (Wildman–Crippen LogP) is 2.33. The molecule has 2 atom stereocenters. The van der Waals surface area contributed by atoms with Gasteiger partial charge in [0.15, 0.2) is 0 Å². The van der Waals surface area contributed by atoms with E-state index >= 15 is 0 Å². The molecule has 0 fully saturated rings. The molecular weight excluding hydrogens is 222 g/mol. The smallest absolute Gasteiger partial charge is 0.311 e. The number of aliphatic carboxylic acids is 2. The molecule has 0 saturated heterocycles. The van der Waals surface area contributed by atoms with Crippen molar-refractivity contribution in [3.63, 3.8) is 0 Å². The maximum Gasteiger partial charge on any atom is 0.311 e. The van der Waals surface area contributed by atoms with E-state index in [9.17, 15) is 9.59 Å². The van der Waals surface area contributed by atoms with Gasteiger partial charge in [-0.15, -0.1) is 7.87 Å². The Morgan fingerprint density at radius 1 is 1.50 bits per heavy atom. The van der Waals surface area contributed by atoms with E-state index in [1.165, 1.54) is 0 Å². The van der Waals surface area contributed by atoms with Gasteiger partial charge in [-0.2, -0.15) is 0 Å². The lowest BCUT2D eigenvalue weighted by atomic mass is 10.0. The van der Waals surface area contributed by atoms with Crippen LogP contribution < -0.4 is 0 Å². The van der Waals surface area contributed by atoms with Crippen molar-refractivity contribution in [2.75, 3.05) is 0 Å². The minimum Gasteiger partial charge on any atom is -0.481 e. The van der Waals surface area contributed by atoms with Gasteiger partial charge in [0.25, 0.3) is 0 Å². The maximum atomic E-state index is 10.9. The molecule has 1 aromatic rings. The Balaban J connectivity index is 2.66. The number of hydrogen-bond donors (Lipinski definition) is 2. The lowest BCUT2D eigenvalue weighted by Crippen LogP contribution is -2.11. The van der Waals surface area contributed by atoms with Crippen LogP contribution in [0.1, 0.15) is 24.1 Å². The van der Waals surface area contributed by atoms with Gasteiger partial charge in [-0.05, 0) is 23.6 Å². The van der Waals surface area contributed by atoms with Crippen LogP contribution in [0.25, 0.3) is 0 Å². The van der Waals surface area contributed by atoms with E-state index in [1.54, 1.807) is 6.07 Å². The molecule has 0 amide bonds. The van der Waals surface area contributed by atoms with Crippen molar-refractivity contribution in [3.05, 3.63) is 17.2 Å². The van der Waals surface area contributed by atoms with E-state index < -0.39 is 17.9 Å². The molecule has 4 nitrogen and oxygen atoms in total. The number of carboxylic acids is 2. The summed E-state index contributed by atoms with van der Waals surface area (Å²) in [5.41, 5.74) is 0. The lowest BCUT2D eigenvalue weighted by Gasteiger charge is -2.07. The highest BCUT2D eigenvalue weighted by atomic mass is 31.8. The normalized spacial score (nSPS) is 13.4. The molecule has 0 aliphatic heterocycles. The van der Waals surface area contributed by atoms with Crippen LogP contribution in [0.15, 0.2) is 11.9 Å². The Morgan fingerprint density at radius 3 is 2.64 bits per heavy atom. The van der Waals surface area contributed by atoms with E-state index in [-0.39, 0.29) is 12.8 Å². The third-order valence-electron chi connectivity index (χ3n) is 1.82. The molecule has 1 heterocycles. The van der Waals surface area contributed by atoms with Crippen molar-refractivity contribution >= 4 is 27.7 Å². The summed E-state index contributed by atoms with van der Waals surface area (Å²) in [5.74, 6) is -0.560. The Bertz CT molecular complexity index is 320. The summed E-state index contributed by atoms with van der Waals surface area (Å²) in [5, 5.41) is 18.2. The predicted molar refractivity (Wildman–Crippen MR) is 55.7 cm³/mol. The van der Waals surface area contributed by atoms with Gasteiger partial charge in [0.2, 0.25) is 0 Å². The van der Waals surface area contributed by atoms with Gasteiger partial charge in [-0.1, -0.05) is 7.87 Å². The van der Waals surface area contributed by atoms with Crippen LogP contribution in [0.4, 0.5) is 0 Å². The molecule has 0 bridgehead atoms. The fourth-order valence-corrected chi connectivity index (χ4v) is 3.88. The summed E-state index contributed by atoms with van der Waals surface area (Å²) in [7, 11) is 1.63. The number of hydrogen-bond acceptors (Lipinski definition) is 2. The highest BCUT2D eigenvalue weighted by Crippen LogP contribution is 2.35. The summed E-state index contributed by atoms with van der Waals surface area (Å²) in [6, 6.07) is 1.81. The summed E-state index contributed by atoms with van der Waals surface area (Å²) in [6.45, 7) is 0. The SMILES string of the molecule is O=C(O)CCC(C(=O)O)c1cc[pH]p1. The van der Waals surface area contributed by atoms with Gasteiger partial charge < -0.3 is 10.2 Å². The average Bonchev–Trinajstić information content (AvgIpc) is 2.56. The molecule has 14 heavy (non-hydrogen) atoms. The monoisotopic (exact) mass is 232 g/mol. The summed E-state index contributed by atoms with van der Waals surface area (Å²) < 4.78 is 0. The molecule has 0 aliphatic carbocycles. The zero-order valence-electron chi connectivity index (χ0n) is 7.30.